The topological polar surface area (TPSA) is 66.6 Å². The van der Waals surface area contributed by atoms with E-state index in [-0.39, 0.29) is 18.3 Å². The van der Waals surface area contributed by atoms with E-state index in [1.165, 1.54) is 17.9 Å². The van der Waals surface area contributed by atoms with Crippen LogP contribution in [0.4, 0.5) is 4.39 Å². The van der Waals surface area contributed by atoms with Crippen LogP contribution in [0.3, 0.4) is 0 Å². The van der Waals surface area contributed by atoms with Crippen molar-refractivity contribution in [3.05, 3.63) is 41.4 Å². The Morgan fingerprint density at radius 3 is 2.95 bits per heavy atom. The van der Waals surface area contributed by atoms with Gasteiger partial charge in [0.15, 0.2) is 0 Å². The van der Waals surface area contributed by atoms with Gasteiger partial charge < -0.3 is 14.5 Å². The summed E-state index contributed by atoms with van der Waals surface area (Å²) in [5, 5.41) is 13.4. The lowest BCUT2D eigenvalue weighted by atomic mass is 10.0. The first kappa shape index (κ1) is 13.8. The molecule has 1 atom stereocenters. The number of hydrogen-bond acceptors (Lipinski definition) is 4. The number of benzene rings is 1. The number of halogens is 1. The molecule has 1 aromatic carbocycles. The monoisotopic (exact) mass is 290 g/mol. The number of carbonyl (C=O) groups is 1. The van der Waals surface area contributed by atoms with E-state index >= 15 is 0 Å². The van der Waals surface area contributed by atoms with Gasteiger partial charge in [-0.2, -0.15) is 0 Å². The zero-order valence-electron chi connectivity index (χ0n) is 11.5. The fraction of sp³-hybridized carbons (Fsp3) is 0.333. The van der Waals surface area contributed by atoms with E-state index in [1.807, 2.05) is 0 Å². The first-order valence-corrected chi connectivity index (χ1v) is 6.77. The van der Waals surface area contributed by atoms with Gasteiger partial charge in [-0.25, -0.2) is 4.39 Å². The molecule has 0 fully saturated rings. The number of hydrogen-bond donors (Lipinski definition) is 1. The van der Waals surface area contributed by atoms with E-state index in [9.17, 15) is 14.3 Å². The second-order valence-corrected chi connectivity index (χ2v) is 5.10. The van der Waals surface area contributed by atoms with Crippen LogP contribution in [0.5, 0.6) is 0 Å². The summed E-state index contributed by atoms with van der Waals surface area (Å²) in [6.45, 7) is 2.16. The number of aromatic nitrogens is 1. The number of rotatable bonds is 2. The number of fused-ring (bicyclic) bond motifs is 1. The average Bonchev–Trinajstić information content (AvgIpc) is 2.89. The molecule has 2 heterocycles. The Hall–Kier alpha value is -2.21. The Balaban J connectivity index is 1.97. The van der Waals surface area contributed by atoms with Crippen molar-refractivity contribution in [2.75, 3.05) is 6.54 Å². The fourth-order valence-electron chi connectivity index (χ4n) is 2.53. The standard InChI is InChI=1S/C15H15FN2O3/c1-9(19)15(20)18-7-6-13-11(8-18)14(17-21-13)10-4-2-3-5-12(10)16/h2-5,9,19H,6-8H2,1H3/t9-/m1/s1. The molecule has 1 aliphatic rings. The van der Waals surface area contributed by atoms with Crippen LogP contribution in [0.2, 0.25) is 0 Å². The maximum Gasteiger partial charge on any atom is 0.251 e. The highest BCUT2D eigenvalue weighted by Gasteiger charge is 2.29. The Morgan fingerprint density at radius 2 is 2.24 bits per heavy atom. The minimum Gasteiger partial charge on any atom is -0.384 e. The highest BCUT2D eigenvalue weighted by Crippen LogP contribution is 2.31. The molecule has 1 amide bonds. The molecule has 3 rings (SSSR count). The Labute approximate surface area is 121 Å². The van der Waals surface area contributed by atoms with E-state index in [1.54, 1.807) is 18.2 Å². The zero-order chi connectivity index (χ0) is 15.0. The van der Waals surface area contributed by atoms with Gasteiger partial charge in [0.1, 0.15) is 23.4 Å². The predicted octanol–water partition coefficient (Wildman–Crippen LogP) is 1.75. The molecule has 5 nitrogen and oxygen atoms in total. The van der Waals surface area contributed by atoms with Crippen LogP contribution in [-0.2, 0) is 17.8 Å². The Bertz CT molecular complexity index is 681. The summed E-state index contributed by atoms with van der Waals surface area (Å²) in [6, 6.07) is 6.32. The van der Waals surface area contributed by atoms with Crippen molar-refractivity contribution in [1.29, 1.82) is 0 Å². The largest absolute Gasteiger partial charge is 0.384 e. The van der Waals surface area contributed by atoms with E-state index in [0.717, 1.165) is 0 Å². The third-order valence-corrected chi connectivity index (χ3v) is 3.63. The summed E-state index contributed by atoms with van der Waals surface area (Å²) in [5.74, 6) is -0.0585. The van der Waals surface area contributed by atoms with Crippen molar-refractivity contribution in [1.82, 2.24) is 10.1 Å². The van der Waals surface area contributed by atoms with Crippen LogP contribution in [0.1, 0.15) is 18.2 Å². The number of aliphatic hydroxyl groups excluding tert-OH is 1. The third kappa shape index (κ3) is 2.42. The number of aliphatic hydroxyl groups is 1. The lowest BCUT2D eigenvalue weighted by molar-refractivity contribution is -0.140. The second-order valence-electron chi connectivity index (χ2n) is 5.10. The molecule has 1 aromatic heterocycles. The first-order valence-electron chi connectivity index (χ1n) is 6.77. The van der Waals surface area contributed by atoms with Crippen LogP contribution in [0, 0.1) is 5.82 Å². The number of nitrogens with zero attached hydrogens (tertiary/aromatic N) is 2. The summed E-state index contributed by atoms with van der Waals surface area (Å²) in [4.78, 5) is 13.4. The molecule has 0 aliphatic carbocycles. The number of carbonyl (C=O) groups excluding carboxylic acids is 1. The van der Waals surface area contributed by atoms with Crippen molar-refractivity contribution in [3.63, 3.8) is 0 Å². The molecular weight excluding hydrogens is 275 g/mol. The molecular formula is C15H15FN2O3. The third-order valence-electron chi connectivity index (χ3n) is 3.63. The van der Waals surface area contributed by atoms with Crippen LogP contribution >= 0.6 is 0 Å². The molecule has 0 saturated carbocycles. The SMILES string of the molecule is C[C@@H](O)C(=O)N1CCc2onc(-c3ccccc3F)c2C1. The molecule has 110 valence electrons. The highest BCUT2D eigenvalue weighted by atomic mass is 19.1. The quantitative estimate of drug-likeness (QED) is 0.915. The summed E-state index contributed by atoms with van der Waals surface area (Å²) in [7, 11) is 0. The van der Waals surface area contributed by atoms with Crippen molar-refractivity contribution in [2.45, 2.75) is 26.0 Å². The fourth-order valence-corrected chi connectivity index (χ4v) is 2.53. The van der Waals surface area contributed by atoms with Gasteiger partial charge in [-0.1, -0.05) is 17.3 Å². The molecule has 0 radical (unpaired) electrons. The van der Waals surface area contributed by atoms with Gasteiger partial charge in [0, 0.05) is 24.1 Å². The number of amides is 1. The van der Waals surface area contributed by atoms with E-state index < -0.39 is 6.10 Å². The molecule has 0 saturated heterocycles. The Kier molecular flexibility index (Phi) is 3.47. The average molecular weight is 290 g/mol. The van der Waals surface area contributed by atoms with Crippen LogP contribution < -0.4 is 0 Å². The minimum atomic E-state index is -1.05. The minimum absolute atomic E-state index is 0.270. The molecule has 1 N–H and O–H groups in total. The molecule has 1 aliphatic heterocycles. The summed E-state index contributed by atoms with van der Waals surface area (Å²) < 4.78 is 19.2. The van der Waals surface area contributed by atoms with E-state index in [0.29, 0.717) is 35.5 Å². The van der Waals surface area contributed by atoms with Crippen molar-refractivity contribution in [2.24, 2.45) is 0 Å². The van der Waals surface area contributed by atoms with Gasteiger partial charge in [-0.15, -0.1) is 0 Å². The van der Waals surface area contributed by atoms with Crippen LogP contribution in [0.25, 0.3) is 11.3 Å². The summed E-state index contributed by atoms with van der Waals surface area (Å²) >= 11 is 0. The molecule has 0 unspecified atom stereocenters. The zero-order valence-corrected chi connectivity index (χ0v) is 11.5. The Morgan fingerprint density at radius 1 is 1.48 bits per heavy atom. The van der Waals surface area contributed by atoms with Crippen molar-refractivity contribution < 1.29 is 18.8 Å². The predicted molar refractivity (Wildman–Crippen MR) is 72.7 cm³/mol. The molecule has 0 spiro atoms. The lowest BCUT2D eigenvalue weighted by Gasteiger charge is -2.27. The second kappa shape index (κ2) is 5.29. The van der Waals surface area contributed by atoms with Gasteiger partial charge in [-0.05, 0) is 19.1 Å². The van der Waals surface area contributed by atoms with Gasteiger partial charge >= 0.3 is 0 Å². The molecule has 2 aromatic rings. The van der Waals surface area contributed by atoms with Crippen molar-refractivity contribution >= 4 is 5.91 Å². The molecule has 0 bridgehead atoms. The maximum atomic E-state index is 13.9. The molecule has 6 heteroatoms. The first-order chi connectivity index (χ1) is 10.1. The maximum absolute atomic E-state index is 13.9. The normalized spacial score (nSPS) is 15.7. The lowest BCUT2D eigenvalue weighted by Crippen LogP contribution is -2.40. The summed E-state index contributed by atoms with van der Waals surface area (Å²) in [6.07, 6.45) is -0.543. The smallest absolute Gasteiger partial charge is 0.251 e. The van der Waals surface area contributed by atoms with E-state index in [2.05, 4.69) is 5.16 Å². The molecule has 21 heavy (non-hydrogen) atoms. The van der Waals surface area contributed by atoms with Crippen molar-refractivity contribution in [3.8, 4) is 11.3 Å². The van der Waals surface area contributed by atoms with Gasteiger partial charge in [-0.3, -0.25) is 4.79 Å². The van der Waals surface area contributed by atoms with E-state index in [4.69, 9.17) is 4.52 Å². The van der Waals surface area contributed by atoms with Gasteiger partial charge in [0.05, 0.1) is 6.54 Å². The van der Waals surface area contributed by atoms with Gasteiger partial charge in [0.2, 0.25) is 0 Å². The van der Waals surface area contributed by atoms with Gasteiger partial charge in [0.25, 0.3) is 5.91 Å². The highest BCUT2D eigenvalue weighted by molar-refractivity contribution is 5.81. The summed E-state index contributed by atoms with van der Waals surface area (Å²) in [5.41, 5.74) is 1.49. The van der Waals surface area contributed by atoms with Crippen LogP contribution in [0.15, 0.2) is 28.8 Å². The van der Waals surface area contributed by atoms with Crippen LogP contribution in [-0.4, -0.2) is 33.7 Å².